The van der Waals surface area contributed by atoms with E-state index < -0.39 is 17.4 Å². The average Bonchev–Trinajstić information content (AvgIpc) is 2.74. The molecule has 2 heterocycles. The highest BCUT2D eigenvalue weighted by atomic mass is 79.9. The van der Waals surface area contributed by atoms with Gasteiger partial charge in [0.1, 0.15) is 0 Å². The molecule has 3 rings (SSSR count). The summed E-state index contributed by atoms with van der Waals surface area (Å²) >= 11 is 3.56. The first-order valence-corrected chi connectivity index (χ1v) is 10.6. The molecule has 1 saturated heterocycles. The number of carbonyl (C=O) groups excluding carboxylic acids is 2. The molecule has 0 radical (unpaired) electrons. The van der Waals surface area contributed by atoms with E-state index in [0.717, 1.165) is 48.0 Å². The Kier molecular flexibility index (Phi) is 6.45. The largest absolute Gasteiger partial charge is 0.468 e. The average molecular weight is 438 g/mol. The van der Waals surface area contributed by atoms with Crippen LogP contribution in [0.3, 0.4) is 0 Å². The number of rotatable bonds is 2. The van der Waals surface area contributed by atoms with E-state index in [1.165, 1.54) is 27.1 Å². The third-order valence-electron chi connectivity index (χ3n) is 6.06. The molecule has 1 unspecified atom stereocenters. The van der Waals surface area contributed by atoms with E-state index in [9.17, 15) is 9.59 Å². The Hall–Kier alpha value is -1.56. The van der Waals surface area contributed by atoms with Gasteiger partial charge in [0.15, 0.2) is 5.41 Å². The molecule has 148 valence electrons. The molecule has 2 aliphatic heterocycles. The molecule has 0 bridgehead atoms. The van der Waals surface area contributed by atoms with Gasteiger partial charge in [0.05, 0.1) is 20.3 Å². The minimum absolute atomic E-state index is 0.252. The first-order chi connectivity index (χ1) is 13.0. The fourth-order valence-electron chi connectivity index (χ4n) is 4.72. The summed E-state index contributed by atoms with van der Waals surface area (Å²) in [6.45, 7) is 0.828. The molecule has 0 spiro atoms. The fraction of sp³-hybridized carbons (Fsp3) is 0.619. The predicted octanol–water partition coefficient (Wildman–Crippen LogP) is 4.26. The summed E-state index contributed by atoms with van der Waals surface area (Å²) in [5.74, 6) is -0.953. The van der Waals surface area contributed by atoms with Gasteiger partial charge in [-0.05, 0) is 49.4 Å². The molecule has 1 atom stereocenters. The van der Waals surface area contributed by atoms with E-state index in [2.05, 4.69) is 33.0 Å². The van der Waals surface area contributed by atoms with Gasteiger partial charge in [-0.15, -0.1) is 0 Å². The second-order valence-corrected chi connectivity index (χ2v) is 8.41. The number of aryl methyl sites for hydroxylation is 1. The van der Waals surface area contributed by atoms with Crippen molar-refractivity contribution in [2.75, 3.05) is 25.7 Å². The van der Waals surface area contributed by atoms with E-state index in [-0.39, 0.29) is 6.04 Å². The summed E-state index contributed by atoms with van der Waals surface area (Å²) in [5, 5.41) is 0. The minimum Gasteiger partial charge on any atom is -0.468 e. The first-order valence-electron chi connectivity index (χ1n) is 9.76. The smallest absolute Gasteiger partial charge is 0.325 e. The second kappa shape index (κ2) is 8.63. The van der Waals surface area contributed by atoms with Gasteiger partial charge in [-0.2, -0.15) is 0 Å². The van der Waals surface area contributed by atoms with Crippen molar-refractivity contribution in [3.05, 3.63) is 28.2 Å². The van der Waals surface area contributed by atoms with Gasteiger partial charge >= 0.3 is 11.9 Å². The maximum absolute atomic E-state index is 13.0. The SMILES string of the molecule is COC(=O)C1(C(=O)OC)CCc2cc(Br)ccc2N2CCCCCCCC21. The van der Waals surface area contributed by atoms with Crippen molar-refractivity contribution < 1.29 is 19.1 Å². The molecule has 1 aromatic carbocycles. The van der Waals surface area contributed by atoms with Crippen molar-refractivity contribution in [3.8, 4) is 0 Å². The van der Waals surface area contributed by atoms with Crippen LogP contribution < -0.4 is 4.90 Å². The van der Waals surface area contributed by atoms with Crippen LogP contribution in [0.4, 0.5) is 5.69 Å². The minimum atomic E-state index is -1.29. The van der Waals surface area contributed by atoms with Crippen LogP contribution in [0.2, 0.25) is 0 Å². The number of nitrogens with zero attached hydrogens (tertiary/aromatic N) is 1. The van der Waals surface area contributed by atoms with Crippen LogP contribution in [-0.2, 0) is 25.5 Å². The van der Waals surface area contributed by atoms with Crippen LogP contribution in [0.25, 0.3) is 0 Å². The number of anilines is 1. The number of ether oxygens (including phenoxy) is 2. The Bertz CT molecular complexity index is 689. The van der Waals surface area contributed by atoms with E-state index >= 15 is 0 Å². The van der Waals surface area contributed by atoms with Gasteiger partial charge in [0.2, 0.25) is 0 Å². The third kappa shape index (κ3) is 3.73. The number of carbonyl (C=O) groups is 2. The second-order valence-electron chi connectivity index (χ2n) is 7.49. The highest BCUT2D eigenvalue weighted by Crippen LogP contribution is 2.45. The van der Waals surface area contributed by atoms with Gasteiger partial charge in [-0.3, -0.25) is 9.59 Å². The molecule has 0 aliphatic carbocycles. The monoisotopic (exact) mass is 437 g/mol. The van der Waals surface area contributed by atoms with Gasteiger partial charge in [-0.25, -0.2) is 0 Å². The number of esters is 2. The number of hydrogen-bond donors (Lipinski definition) is 0. The quantitative estimate of drug-likeness (QED) is 0.510. The summed E-state index contributed by atoms with van der Waals surface area (Å²) in [4.78, 5) is 28.4. The van der Waals surface area contributed by atoms with E-state index in [4.69, 9.17) is 9.47 Å². The maximum atomic E-state index is 13.0. The normalized spacial score (nSPS) is 22.2. The van der Waals surface area contributed by atoms with Crippen molar-refractivity contribution in [2.24, 2.45) is 5.41 Å². The molecule has 0 N–H and O–H groups in total. The highest BCUT2D eigenvalue weighted by Gasteiger charge is 2.57. The van der Waals surface area contributed by atoms with Crippen LogP contribution in [-0.4, -0.2) is 38.7 Å². The maximum Gasteiger partial charge on any atom is 0.325 e. The van der Waals surface area contributed by atoms with Gasteiger partial charge in [0, 0.05) is 16.7 Å². The zero-order valence-electron chi connectivity index (χ0n) is 16.1. The summed E-state index contributed by atoms with van der Waals surface area (Å²) in [7, 11) is 2.72. The van der Waals surface area contributed by atoms with Crippen molar-refractivity contribution in [2.45, 2.75) is 57.4 Å². The topological polar surface area (TPSA) is 55.8 Å². The van der Waals surface area contributed by atoms with E-state index in [0.29, 0.717) is 12.8 Å². The van der Waals surface area contributed by atoms with Crippen LogP contribution in [0.15, 0.2) is 22.7 Å². The standard InChI is InChI=1S/C21H28BrNO4/c1-26-19(24)21(20(25)27-2)12-11-15-14-16(22)9-10-17(15)23-13-7-5-3-4-6-8-18(21)23/h9-10,14,18H,3-8,11-13H2,1-2H3. The molecule has 1 aromatic rings. The Balaban J connectivity index is 2.17. The number of methoxy groups -OCH3 is 2. The molecular weight excluding hydrogens is 410 g/mol. The fourth-order valence-corrected chi connectivity index (χ4v) is 5.13. The van der Waals surface area contributed by atoms with E-state index in [1.807, 2.05) is 6.07 Å². The van der Waals surface area contributed by atoms with Crippen LogP contribution in [0.1, 0.15) is 50.5 Å². The lowest BCUT2D eigenvalue weighted by Gasteiger charge is -2.42. The van der Waals surface area contributed by atoms with Crippen molar-refractivity contribution >= 4 is 33.6 Å². The molecule has 1 fully saturated rings. The summed E-state index contributed by atoms with van der Waals surface area (Å²) in [5.41, 5.74) is 0.988. The summed E-state index contributed by atoms with van der Waals surface area (Å²) < 4.78 is 11.3. The first kappa shape index (κ1) is 20.2. The van der Waals surface area contributed by atoms with Crippen molar-refractivity contribution in [1.82, 2.24) is 0 Å². The Morgan fingerprint density at radius 1 is 1.07 bits per heavy atom. The predicted molar refractivity (Wildman–Crippen MR) is 108 cm³/mol. The molecule has 27 heavy (non-hydrogen) atoms. The van der Waals surface area contributed by atoms with Crippen LogP contribution >= 0.6 is 15.9 Å². The van der Waals surface area contributed by atoms with Crippen LogP contribution in [0.5, 0.6) is 0 Å². The third-order valence-corrected chi connectivity index (χ3v) is 6.55. The molecule has 0 aromatic heterocycles. The van der Waals surface area contributed by atoms with Gasteiger partial charge in [-0.1, -0.05) is 41.6 Å². The molecule has 6 heteroatoms. The Morgan fingerprint density at radius 3 is 2.44 bits per heavy atom. The molecule has 5 nitrogen and oxygen atoms in total. The van der Waals surface area contributed by atoms with Crippen molar-refractivity contribution in [3.63, 3.8) is 0 Å². The lowest BCUT2D eigenvalue weighted by atomic mass is 9.73. The van der Waals surface area contributed by atoms with Gasteiger partial charge in [0.25, 0.3) is 0 Å². The zero-order valence-corrected chi connectivity index (χ0v) is 17.7. The van der Waals surface area contributed by atoms with E-state index in [1.54, 1.807) is 0 Å². The molecule has 2 aliphatic rings. The van der Waals surface area contributed by atoms with Crippen molar-refractivity contribution in [1.29, 1.82) is 0 Å². The molecule has 0 amide bonds. The lowest BCUT2D eigenvalue weighted by molar-refractivity contribution is -0.171. The molecule has 0 saturated carbocycles. The lowest BCUT2D eigenvalue weighted by Crippen LogP contribution is -2.57. The highest BCUT2D eigenvalue weighted by molar-refractivity contribution is 9.10. The van der Waals surface area contributed by atoms with Gasteiger partial charge < -0.3 is 14.4 Å². The Morgan fingerprint density at radius 2 is 1.74 bits per heavy atom. The van der Waals surface area contributed by atoms with Crippen LogP contribution in [0, 0.1) is 5.41 Å². The number of fused-ring (bicyclic) bond motifs is 3. The summed E-state index contributed by atoms with van der Waals surface area (Å²) in [6.07, 6.45) is 7.32. The zero-order chi connectivity index (χ0) is 19.4. The number of halogens is 1. The number of benzene rings is 1. The summed E-state index contributed by atoms with van der Waals surface area (Å²) in [6, 6.07) is 5.99. The Labute approximate surface area is 169 Å². The molecular formula is C21H28BrNO4. The number of hydrogen-bond acceptors (Lipinski definition) is 5.